The van der Waals surface area contributed by atoms with E-state index in [-0.39, 0.29) is 17.9 Å². The molecule has 3 nitrogen and oxygen atoms in total. The topological polar surface area (TPSA) is 40.5 Å². The van der Waals surface area contributed by atoms with Crippen molar-refractivity contribution in [2.75, 3.05) is 13.6 Å². The lowest BCUT2D eigenvalue weighted by Crippen LogP contribution is -2.40. The fraction of sp³-hybridized carbons (Fsp3) is 0.929. The van der Waals surface area contributed by atoms with Crippen molar-refractivity contribution in [3.8, 4) is 0 Å². The van der Waals surface area contributed by atoms with Crippen molar-refractivity contribution in [3.05, 3.63) is 0 Å². The lowest BCUT2D eigenvalue weighted by atomic mass is 9.82. The van der Waals surface area contributed by atoms with Gasteiger partial charge in [-0.15, -0.1) is 0 Å². The summed E-state index contributed by atoms with van der Waals surface area (Å²) in [6, 6.07) is 0. The average molecular weight is 239 g/mol. The molecule has 0 aliphatic heterocycles. The van der Waals surface area contributed by atoms with Gasteiger partial charge in [-0.25, -0.2) is 0 Å². The summed E-state index contributed by atoms with van der Waals surface area (Å²) in [5, 5.41) is 9.86. The molecule has 0 bridgehead atoms. The summed E-state index contributed by atoms with van der Waals surface area (Å²) in [4.78, 5) is 14.0. The Kier molecular flexibility index (Phi) is 4.08. The van der Waals surface area contributed by atoms with E-state index in [9.17, 15) is 9.90 Å². The number of rotatable bonds is 4. The number of aliphatic hydroxyl groups excluding tert-OH is 1. The fourth-order valence-corrected chi connectivity index (χ4v) is 2.97. The zero-order valence-corrected chi connectivity index (χ0v) is 11.1. The van der Waals surface area contributed by atoms with Crippen LogP contribution in [0, 0.1) is 17.8 Å². The van der Waals surface area contributed by atoms with Gasteiger partial charge in [-0.2, -0.15) is 0 Å². The highest BCUT2D eigenvalue weighted by molar-refractivity contribution is 5.78. The van der Waals surface area contributed by atoms with Crippen LogP contribution in [0.3, 0.4) is 0 Å². The Morgan fingerprint density at radius 3 is 2.65 bits per heavy atom. The molecule has 2 saturated carbocycles. The Labute approximate surface area is 104 Å². The SMILES string of the molecule is CC1CCCC(C(=O)N(C)CC(O)C2CC2)C1. The van der Waals surface area contributed by atoms with Gasteiger partial charge in [-0.05, 0) is 37.5 Å². The van der Waals surface area contributed by atoms with Crippen LogP contribution in [0.2, 0.25) is 0 Å². The Hall–Kier alpha value is -0.570. The van der Waals surface area contributed by atoms with E-state index in [4.69, 9.17) is 0 Å². The minimum absolute atomic E-state index is 0.204. The van der Waals surface area contributed by atoms with Gasteiger partial charge in [0.2, 0.25) is 5.91 Å². The molecule has 0 aromatic rings. The standard InChI is InChI=1S/C14H25NO2/c1-10-4-3-5-12(8-10)14(17)15(2)9-13(16)11-6-7-11/h10-13,16H,3-9H2,1-2H3. The first kappa shape index (κ1) is 12.9. The molecule has 0 radical (unpaired) electrons. The van der Waals surface area contributed by atoms with E-state index in [1.54, 1.807) is 4.90 Å². The fourth-order valence-electron chi connectivity index (χ4n) is 2.97. The normalized spacial score (nSPS) is 31.0. The van der Waals surface area contributed by atoms with Gasteiger partial charge in [0.15, 0.2) is 0 Å². The third-order valence-corrected chi connectivity index (χ3v) is 4.29. The molecule has 3 heteroatoms. The first-order chi connectivity index (χ1) is 8.08. The zero-order chi connectivity index (χ0) is 12.4. The zero-order valence-electron chi connectivity index (χ0n) is 11.1. The molecule has 0 aromatic heterocycles. The molecule has 1 amide bonds. The summed E-state index contributed by atoms with van der Waals surface area (Å²) in [6.45, 7) is 2.76. The van der Waals surface area contributed by atoms with Crippen LogP contribution in [0.15, 0.2) is 0 Å². The lowest BCUT2D eigenvalue weighted by Gasteiger charge is -2.30. The van der Waals surface area contributed by atoms with Gasteiger partial charge in [0, 0.05) is 19.5 Å². The summed E-state index contributed by atoms with van der Waals surface area (Å²) in [7, 11) is 1.84. The Balaban J connectivity index is 1.80. The van der Waals surface area contributed by atoms with Crippen molar-refractivity contribution in [1.29, 1.82) is 0 Å². The number of likely N-dealkylation sites (N-methyl/N-ethyl adjacent to an activating group) is 1. The smallest absolute Gasteiger partial charge is 0.225 e. The molecule has 2 aliphatic rings. The molecule has 3 atom stereocenters. The van der Waals surface area contributed by atoms with Crippen molar-refractivity contribution >= 4 is 5.91 Å². The van der Waals surface area contributed by atoms with Gasteiger partial charge in [0.05, 0.1) is 6.10 Å². The number of hydrogen-bond acceptors (Lipinski definition) is 2. The van der Waals surface area contributed by atoms with Crippen LogP contribution >= 0.6 is 0 Å². The number of nitrogens with zero attached hydrogens (tertiary/aromatic N) is 1. The summed E-state index contributed by atoms with van der Waals surface area (Å²) in [6.07, 6.45) is 6.46. The molecular weight excluding hydrogens is 214 g/mol. The predicted molar refractivity (Wildman–Crippen MR) is 67.5 cm³/mol. The first-order valence-electron chi connectivity index (χ1n) is 7.01. The van der Waals surface area contributed by atoms with Crippen LogP contribution in [0.5, 0.6) is 0 Å². The molecule has 98 valence electrons. The quantitative estimate of drug-likeness (QED) is 0.815. The van der Waals surface area contributed by atoms with Gasteiger partial charge < -0.3 is 10.0 Å². The average Bonchev–Trinajstić information content (AvgIpc) is 3.11. The van der Waals surface area contributed by atoms with E-state index in [0.29, 0.717) is 18.4 Å². The van der Waals surface area contributed by atoms with Gasteiger partial charge in [0.25, 0.3) is 0 Å². The molecule has 0 saturated heterocycles. The second kappa shape index (κ2) is 5.38. The predicted octanol–water partition coefficient (Wildman–Crippen LogP) is 2.04. The lowest BCUT2D eigenvalue weighted by molar-refractivity contribution is -0.137. The molecule has 3 unspecified atom stereocenters. The highest BCUT2D eigenvalue weighted by Crippen LogP contribution is 2.33. The Morgan fingerprint density at radius 2 is 2.06 bits per heavy atom. The van der Waals surface area contributed by atoms with E-state index >= 15 is 0 Å². The van der Waals surface area contributed by atoms with Crippen LogP contribution in [0.4, 0.5) is 0 Å². The monoisotopic (exact) mass is 239 g/mol. The van der Waals surface area contributed by atoms with Crippen molar-refractivity contribution in [3.63, 3.8) is 0 Å². The number of hydrogen-bond donors (Lipinski definition) is 1. The molecule has 17 heavy (non-hydrogen) atoms. The molecular formula is C14H25NO2. The number of aliphatic hydroxyl groups is 1. The van der Waals surface area contributed by atoms with Crippen LogP contribution in [-0.4, -0.2) is 35.6 Å². The van der Waals surface area contributed by atoms with Crippen molar-refractivity contribution in [2.24, 2.45) is 17.8 Å². The molecule has 2 rings (SSSR count). The van der Waals surface area contributed by atoms with Crippen molar-refractivity contribution in [1.82, 2.24) is 4.90 Å². The van der Waals surface area contributed by atoms with Gasteiger partial charge in [-0.1, -0.05) is 19.8 Å². The molecule has 0 heterocycles. The summed E-state index contributed by atoms with van der Waals surface area (Å²) < 4.78 is 0. The van der Waals surface area contributed by atoms with E-state index in [1.807, 2.05) is 7.05 Å². The molecule has 2 aliphatic carbocycles. The molecule has 2 fully saturated rings. The third kappa shape index (κ3) is 3.44. The number of carbonyl (C=O) groups is 1. The Bertz CT molecular complexity index is 275. The maximum atomic E-state index is 12.2. The van der Waals surface area contributed by atoms with E-state index in [0.717, 1.165) is 25.7 Å². The summed E-state index contributed by atoms with van der Waals surface area (Å²) in [5.74, 6) is 1.58. The maximum absolute atomic E-state index is 12.2. The summed E-state index contributed by atoms with van der Waals surface area (Å²) >= 11 is 0. The van der Waals surface area contributed by atoms with Crippen LogP contribution < -0.4 is 0 Å². The minimum Gasteiger partial charge on any atom is -0.391 e. The molecule has 1 N–H and O–H groups in total. The second-order valence-corrected chi connectivity index (χ2v) is 6.09. The van der Waals surface area contributed by atoms with Crippen LogP contribution in [0.25, 0.3) is 0 Å². The Morgan fingerprint density at radius 1 is 1.35 bits per heavy atom. The maximum Gasteiger partial charge on any atom is 0.225 e. The van der Waals surface area contributed by atoms with Crippen LogP contribution in [-0.2, 0) is 4.79 Å². The largest absolute Gasteiger partial charge is 0.391 e. The first-order valence-corrected chi connectivity index (χ1v) is 7.01. The summed E-state index contributed by atoms with van der Waals surface area (Å²) in [5.41, 5.74) is 0. The highest BCUT2D eigenvalue weighted by atomic mass is 16.3. The van der Waals surface area contributed by atoms with E-state index in [2.05, 4.69) is 6.92 Å². The van der Waals surface area contributed by atoms with E-state index in [1.165, 1.54) is 12.8 Å². The highest BCUT2D eigenvalue weighted by Gasteiger charge is 2.33. The second-order valence-electron chi connectivity index (χ2n) is 6.09. The van der Waals surface area contributed by atoms with Crippen LogP contribution in [0.1, 0.15) is 45.4 Å². The van der Waals surface area contributed by atoms with Crippen molar-refractivity contribution in [2.45, 2.75) is 51.6 Å². The number of amides is 1. The third-order valence-electron chi connectivity index (χ3n) is 4.29. The van der Waals surface area contributed by atoms with Gasteiger partial charge in [-0.3, -0.25) is 4.79 Å². The molecule has 0 spiro atoms. The number of carbonyl (C=O) groups excluding carboxylic acids is 1. The van der Waals surface area contributed by atoms with E-state index < -0.39 is 0 Å². The molecule has 0 aromatic carbocycles. The van der Waals surface area contributed by atoms with Gasteiger partial charge >= 0.3 is 0 Å². The van der Waals surface area contributed by atoms with Gasteiger partial charge in [0.1, 0.15) is 0 Å². The van der Waals surface area contributed by atoms with Crippen molar-refractivity contribution < 1.29 is 9.90 Å². The minimum atomic E-state index is -0.301.